The average molecular weight is 544 g/mol. The number of anilines is 2. The molecular formula is C30H34ClN7O. The summed E-state index contributed by atoms with van der Waals surface area (Å²) in [5.41, 5.74) is 4.79. The van der Waals surface area contributed by atoms with Crippen LogP contribution in [0.15, 0.2) is 73.1 Å². The fourth-order valence-electron chi connectivity index (χ4n) is 4.82. The van der Waals surface area contributed by atoms with Gasteiger partial charge in [0.15, 0.2) is 0 Å². The summed E-state index contributed by atoms with van der Waals surface area (Å²) in [6, 6.07) is 16.5. The van der Waals surface area contributed by atoms with E-state index in [1.165, 1.54) is 5.56 Å². The summed E-state index contributed by atoms with van der Waals surface area (Å²) in [6.07, 6.45) is 9.05. The molecule has 0 radical (unpaired) electrons. The number of amides is 1. The number of hydrogen-bond donors (Lipinski definition) is 3. The van der Waals surface area contributed by atoms with Crippen molar-refractivity contribution in [2.75, 3.05) is 44.4 Å². The van der Waals surface area contributed by atoms with E-state index in [4.69, 9.17) is 16.6 Å². The maximum atomic E-state index is 12.1. The smallest absolute Gasteiger partial charge is 0.248 e. The number of aromatic nitrogens is 3. The van der Waals surface area contributed by atoms with E-state index in [2.05, 4.69) is 43.7 Å². The monoisotopic (exact) mass is 543 g/mol. The number of nitrogens with one attached hydrogen (secondary N) is 3. The highest BCUT2D eigenvalue weighted by Crippen LogP contribution is 2.32. The topological polar surface area (TPSA) is 89.2 Å². The molecule has 39 heavy (non-hydrogen) atoms. The molecule has 0 saturated carbocycles. The van der Waals surface area contributed by atoms with Crippen LogP contribution in [0.3, 0.4) is 0 Å². The van der Waals surface area contributed by atoms with Crippen LogP contribution in [-0.2, 0) is 11.3 Å². The van der Waals surface area contributed by atoms with Gasteiger partial charge in [0.05, 0.1) is 16.9 Å². The minimum absolute atomic E-state index is 0.114. The van der Waals surface area contributed by atoms with Crippen LogP contribution in [-0.4, -0.2) is 70.4 Å². The van der Waals surface area contributed by atoms with Crippen molar-refractivity contribution in [3.05, 3.63) is 83.7 Å². The number of benzene rings is 2. The first-order valence-corrected chi connectivity index (χ1v) is 13.6. The van der Waals surface area contributed by atoms with Crippen LogP contribution in [0.5, 0.6) is 0 Å². The standard InChI is InChI=1S/C30H34ClN7O/c1-37(2)15-5-8-28(39)34-22-11-9-21(10-12-22)20-38-16-13-23(14-17-38)35-30-33-19-26(31)29(36-30)25-18-32-27-7-4-3-6-24(25)27/h3-12,18-19,23,32H,13-17,20H2,1-2H3,(H,34,39)(H,33,35,36). The van der Waals surface area contributed by atoms with Gasteiger partial charge in [0.25, 0.3) is 0 Å². The Morgan fingerprint density at radius 2 is 1.92 bits per heavy atom. The van der Waals surface area contributed by atoms with E-state index in [0.717, 1.165) is 66.9 Å². The maximum absolute atomic E-state index is 12.1. The van der Waals surface area contributed by atoms with Crippen LogP contribution >= 0.6 is 11.6 Å². The van der Waals surface area contributed by atoms with Gasteiger partial charge in [-0.3, -0.25) is 9.69 Å². The second-order valence-corrected chi connectivity index (χ2v) is 10.6. The first kappa shape index (κ1) is 26.9. The highest BCUT2D eigenvalue weighted by atomic mass is 35.5. The van der Waals surface area contributed by atoms with Crippen LogP contribution in [0.4, 0.5) is 11.6 Å². The zero-order valence-corrected chi connectivity index (χ0v) is 23.1. The van der Waals surface area contributed by atoms with E-state index in [-0.39, 0.29) is 5.91 Å². The fraction of sp³-hybridized carbons (Fsp3) is 0.300. The Balaban J connectivity index is 1.12. The van der Waals surface area contributed by atoms with Gasteiger partial charge in [-0.2, -0.15) is 0 Å². The molecule has 202 valence electrons. The lowest BCUT2D eigenvalue weighted by atomic mass is 10.0. The SMILES string of the molecule is CN(C)CC=CC(=O)Nc1ccc(CN2CCC(Nc3ncc(Cl)c(-c4c[nH]c5ccccc45)n3)CC2)cc1. The van der Waals surface area contributed by atoms with Crippen LogP contribution < -0.4 is 10.6 Å². The molecule has 0 atom stereocenters. The van der Waals surface area contributed by atoms with Crippen LogP contribution in [0.25, 0.3) is 22.2 Å². The van der Waals surface area contributed by atoms with Crippen molar-refractivity contribution in [3.63, 3.8) is 0 Å². The Morgan fingerprint density at radius 1 is 1.15 bits per heavy atom. The summed E-state index contributed by atoms with van der Waals surface area (Å²) in [5, 5.41) is 8.06. The highest BCUT2D eigenvalue weighted by molar-refractivity contribution is 6.33. The van der Waals surface area contributed by atoms with E-state index in [1.807, 2.05) is 61.6 Å². The first-order valence-electron chi connectivity index (χ1n) is 13.2. The van der Waals surface area contributed by atoms with E-state index in [9.17, 15) is 4.79 Å². The summed E-state index contributed by atoms with van der Waals surface area (Å²) < 4.78 is 0. The second-order valence-electron chi connectivity index (χ2n) is 10.2. The number of piperidine rings is 1. The second kappa shape index (κ2) is 12.4. The van der Waals surface area contributed by atoms with Gasteiger partial charge in [0.1, 0.15) is 0 Å². The van der Waals surface area contributed by atoms with Crippen LogP contribution in [0, 0.1) is 0 Å². The van der Waals surface area contributed by atoms with Crippen LogP contribution in [0.1, 0.15) is 18.4 Å². The minimum Gasteiger partial charge on any atom is -0.360 e. The van der Waals surface area contributed by atoms with Gasteiger partial charge in [-0.1, -0.05) is 48.0 Å². The van der Waals surface area contributed by atoms with Gasteiger partial charge in [0.2, 0.25) is 11.9 Å². The molecule has 5 rings (SSSR count). The Kier molecular flexibility index (Phi) is 8.56. The number of rotatable bonds is 9. The Hall–Kier alpha value is -3.72. The van der Waals surface area contributed by atoms with Crippen LogP contribution in [0.2, 0.25) is 5.02 Å². The number of aromatic amines is 1. The van der Waals surface area contributed by atoms with Gasteiger partial charge < -0.3 is 20.5 Å². The molecular weight excluding hydrogens is 510 g/mol. The fourth-order valence-corrected chi connectivity index (χ4v) is 5.01. The molecule has 2 aromatic heterocycles. The predicted molar refractivity (Wildman–Crippen MR) is 159 cm³/mol. The number of halogens is 1. The predicted octanol–water partition coefficient (Wildman–Crippen LogP) is 5.41. The number of nitrogens with zero attached hydrogens (tertiary/aromatic N) is 4. The Labute approximate surface area is 234 Å². The van der Waals surface area contributed by atoms with Crippen molar-refractivity contribution < 1.29 is 4.79 Å². The lowest BCUT2D eigenvalue weighted by Gasteiger charge is -2.32. The van der Waals surface area contributed by atoms with Gasteiger partial charge in [-0.25, -0.2) is 9.97 Å². The summed E-state index contributed by atoms with van der Waals surface area (Å²) in [6.45, 7) is 3.58. The average Bonchev–Trinajstić information content (AvgIpc) is 3.36. The molecule has 1 amide bonds. The van der Waals surface area contributed by atoms with E-state index >= 15 is 0 Å². The molecule has 0 unspecified atom stereocenters. The first-order chi connectivity index (χ1) is 18.9. The minimum atomic E-state index is -0.114. The van der Waals surface area contributed by atoms with Crippen molar-refractivity contribution in [3.8, 4) is 11.3 Å². The molecule has 1 fully saturated rings. The highest BCUT2D eigenvalue weighted by Gasteiger charge is 2.21. The number of fused-ring (bicyclic) bond motifs is 1. The third kappa shape index (κ3) is 7.03. The van der Waals surface area contributed by atoms with E-state index in [0.29, 0.717) is 17.0 Å². The lowest BCUT2D eigenvalue weighted by molar-refractivity contribution is -0.111. The molecule has 1 aliphatic rings. The number of carbonyl (C=O) groups excluding carboxylic acids is 1. The number of para-hydroxylation sites is 1. The zero-order valence-electron chi connectivity index (χ0n) is 22.3. The molecule has 0 bridgehead atoms. The molecule has 0 spiro atoms. The summed E-state index contributed by atoms with van der Waals surface area (Å²) in [4.78, 5) is 29.0. The van der Waals surface area contributed by atoms with Crippen molar-refractivity contribution in [2.24, 2.45) is 0 Å². The molecule has 1 aliphatic heterocycles. The Bertz CT molecular complexity index is 1440. The quantitative estimate of drug-likeness (QED) is 0.245. The zero-order chi connectivity index (χ0) is 27.2. The number of H-pyrrole nitrogens is 1. The number of likely N-dealkylation sites (N-methyl/N-ethyl adjacent to an activating group) is 1. The van der Waals surface area contributed by atoms with E-state index < -0.39 is 0 Å². The molecule has 8 nitrogen and oxygen atoms in total. The van der Waals surface area contributed by atoms with Crippen molar-refractivity contribution in [1.29, 1.82) is 0 Å². The normalized spacial score (nSPS) is 14.9. The Morgan fingerprint density at radius 3 is 2.69 bits per heavy atom. The lowest BCUT2D eigenvalue weighted by Crippen LogP contribution is -2.39. The maximum Gasteiger partial charge on any atom is 0.248 e. The van der Waals surface area contributed by atoms with Gasteiger partial charge >= 0.3 is 0 Å². The van der Waals surface area contributed by atoms with E-state index in [1.54, 1.807) is 12.3 Å². The molecule has 9 heteroatoms. The third-order valence-electron chi connectivity index (χ3n) is 6.88. The number of carbonyl (C=O) groups is 1. The van der Waals surface area contributed by atoms with Crippen molar-refractivity contribution in [1.82, 2.24) is 24.8 Å². The van der Waals surface area contributed by atoms with Crippen molar-refractivity contribution in [2.45, 2.75) is 25.4 Å². The summed E-state index contributed by atoms with van der Waals surface area (Å²) >= 11 is 6.49. The molecule has 3 N–H and O–H groups in total. The van der Waals surface area contributed by atoms with Gasteiger partial charge in [-0.05, 0) is 50.7 Å². The molecule has 1 saturated heterocycles. The largest absolute Gasteiger partial charge is 0.360 e. The number of hydrogen-bond acceptors (Lipinski definition) is 6. The molecule has 3 heterocycles. The summed E-state index contributed by atoms with van der Waals surface area (Å²) in [7, 11) is 3.94. The molecule has 2 aromatic carbocycles. The van der Waals surface area contributed by atoms with Crippen molar-refractivity contribution >= 4 is 40.0 Å². The third-order valence-corrected chi connectivity index (χ3v) is 7.15. The van der Waals surface area contributed by atoms with Gasteiger partial charge in [0, 0.05) is 66.6 Å². The number of likely N-dealkylation sites (tertiary alicyclic amines) is 1. The summed E-state index contributed by atoms with van der Waals surface area (Å²) in [5.74, 6) is 0.490. The van der Waals surface area contributed by atoms with Gasteiger partial charge in [-0.15, -0.1) is 0 Å². The molecule has 0 aliphatic carbocycles. The molecule has 4 aromatic rings.